The number of rotatable bonds is 21. The molecule has 3 fully saturated rings. The third-order valence-electron chi connectivity index (χ3n) is 10.1. The van der Waals surface area contributed by atoms with E-state index in [0.29, 0.717) is 0 Å². The molecule has 58 heavy (non-hydrogen) atoms. The Balaban J connectivity index is 1.85. The van der Waals surface area contributed by atoms with Gasteiger partial charge in [-0.1, -0.05) is 64.7 Å². The summed E-state index contributed by atoms with van der Waals surface area (Å²) in [7, 11) is 0. The number of unbranched alkanes of at least 4 members (excludes halogenated alkanes) is 9. The maximum absolute atomic E-state index is 12.7. The molecule has 0 radical (unpaired) electrons. The Morgan fingerprint density at radius 3 is 1.26 bits per heavy atom. The van der Waals surface area contributed by atoms with Crippen LogP contribution in [0.2, 0.25) is 0 Å². The minimum Gasteiger partial charge on any atom is -0.457 e. The van der Waals surface area contributed by atoms with Crippen LogP contribution >= 0.6 is 0 Å². The minimum atomic E-state index is -1.78. The summed E-state index contributed by atoms with van der Waals surface area (Å²) in [6.07, 6.45) is -9.07. The first-order valence-corrected chi connectivity index (χ1v) is 20.6. The van der Waals surface area contributed by atoms with E-state index < -0.39 is 122 Å². The molecular formula is C40H66O18. The molecule has 3 aliphatic rings. The third-order valence-corrected chi connectivity index (χ3v) is 10.1. The zero-order valence-corrected chi connectivity index (χ0v) is 35.4. The molecule has 3 aliphatic heterocycles. The van der Waals surface area contributed by atoms with Gasteiger partial charge in [0.1, 0.15) is 24.4 Å². The molecule has 0 aromatic heterocycles. The summed E-state index contributed by atoms with van der Waals surface area (Å²) in [4.78, 5) is 61.2. The number of ether oxygens (including phenoxy) is 11. The van der Waals surface area contributed by atoms with Crippen molar-refractivity contribution in [2.75, 3.05) is 6.61 Å². The average Bonchev–Trinajstić information content (AvgIpc) is 3.12. The van der Waals surface area contributed by atoms with Crippen molar-refractivity contribution in [1.29, 1.82) is 0 Å². The zero-order valence-electron chi connectivity index (χ0n) is 35.4. The van der Waals surface area contributed by atoms with E-state index >= 15 is 0 Å². The smallest absolute Gasteiger partial charge is 0.303 e. The predicted molar refractivity (Wildman–Crippen MR) is 200 cm³/mol. The van der Waals surface area contributed by atoms with E-state index in [4.69, 9.17) is 52.1 Å². The van der Waals surface area contributed by atoms with Crippen molar-refractivity contribution < 1.29 is 86.3 Å². The van der Waals surface area contributed by atoms with Gasteiger partial charge >= 0.3 is 29.8 Å². The molecule has 18 heteroatoms. The van der Waals surface area contributed by atoms with Gasteiger partial charge in [0.2, 0.25) is 0 Å². The van der Waals surface area contributed by atoms with E-state index in [1.165, 1.54) is 59.3 Å². The van der Waals surface area contributed by atoms with Crippen LogP contribution < -0.4 is 0 Å². The fraction of sp³-hybridized carbons (Fsp3) is 0.875. The summed E-state index contributed by atoms with van der Waals surface area (Å²) in [5, 5.41) is 23.1. The van der Waals surface area contributed by atoms with E-state index in [0.717, 1.165) is 53.4 Å². The summed E-state index contributed by atoms with van der Waals surface area (Å²) in [6.45, 7) is 12.8. The van der Waals surface area contributed by atoms with Crippen molar-refractivity contribution in [2.24, 2.45) is 0 Å². The van der Waals surface area contributed by atoms with E-state index in [2.05, 4.69) is 6.92 Å². The van der Waals surface area contributed by atoms with Gasteiger partial charge in [-0.3, -0.25) is 24.0 Å². The van der Waals surface area contributed by atoms with Gasteiger partial charge in [-0.15, -0.1) is 0 Å². The molecule has 0 saturated carbocycles. The predicted octanol–water partition coefficient (Wildman–Crippen LogP) is 3.31. The van der Waals surface area contributed by atoms with E-state index in [1.54, 1.807) is 6.92 Å². The highest BCUT2D eigenvalue weighted by Crippen LogP contribution is 2.36. The molecule has 0 aromatic rings. The van der Waals surface area contributed by atoms with E-state index in [9.17, 15) is 34.2 Å². The van der Waals surface area contributed by atoms with Gasteiger partial charge in [0.15, 0.2) is 49.4 Å². The Kier molecular flexibility index (Phi) is 20.7. The van der Waals surface area contributed by atoms with Crippen LogP contribution in [0, 0.1) is 0 Å². The fourth-order valence-corrected chi connectivity index (χ4v) is 7.42. The van der Waals surface area contributed by atoms with Crippen LogP contribution in [-0.4, -0.2) is 139 Å². The highest BCUT2D eigenvalue weighted by Gasteiger charge is 2.57. The molecule has 0 bridgehead atoms. The second kappa shape index (κ2) is 24.3. The maximum Gasteiger partial charge on any atom is 0.303 e. The van der Waals surface area contributed by atoms with Gasteiger partial charge in [-0.25, -0.2) is 0 Å². The normalized spacial score (nSPS) is 35.1. The van der Waals surface area contributed by atoms with Gasteiger partial charge in [0, 0.05) is 41.2 Å². The molecule has 334 valence electrons. The Labute approximate surface area is 341 Å². The van der Waals surface area contributed by atoms with Crippen LogP contribution in [0.5, 0.6) is 0 Å². The summed E-state index contributed by atoms with van der Waals surface area (Å²) in [5.41, 5.74) is 0. The first-order valence-electron chi connectivity index (χ1n) is 20.6. The lowest BCUT2D eigenvalue weighted by Gasteiger charge is -2.49. The number of hydrogen-bond acceptors (Lipinski definition) is 18. The lowest BCUT2D eigenvalue weighted by atomic mass is 9.96. The number of aliphatic hydroxyl groups excluding tert-OH is 2. The fourth-order valence-electron chi connectivity index (χ4n) is 7.42. The summed E-state index contributed by atoms with van der Waals surface area (Å²) < 4.78 is 64.1. The lowest BCUT2D eigenvalue weighted by Crippen LogP contribution is -2.67. The highest BCUT2D eigenvalue weighted by molar-refractivity contribution is 5.68. The molecule has 3 saturated heterocycles. The van der Waals surface area contributed by atoms with Crippen LogP contribution in [0.1, 0.15) is 127 Å². The van der Waals surface area contributed by atoms with Crippen LogP contribution in [0.3, 0.4) is 0 Å². The van der Waals surface area contributed by atoms with Crippen molar-refractivity contribution in [3.63, 3.8) is 0 Å². The number of hydrogen-bond donors (Lipinski definition) is 2. The monoisotopic (exact) mass is 834 g/mol. The summed E-state index contributed by atoms with van der Waals surface area (Å²) >= 11 is 0. The molecule has 0 spiro atoms. The summed E-state index contributed by atoms with van der Waals surface area (Å²) in [5.74, 6) is -3.81. The Hall–Kier alpha value is -2.97. The molecule has 15 atom stereocenters. The second-order valence-corrected chi connectivity index (χ2v) is 15.2. The Morgan fingerprint density at radius 2 is 0.776 bits per heavy atom. The minimum absolute atomic E-state index is 0.275. The first-order chi connectivity index (χ1) is 27.4. The number of esters is 5. The van der Waals surface area contributed by atoms with Gasteiger partial charge in [-0.2, -0.15) is 0 Å². The van der Waals surface area contributed by atoms with Crippen molar-refractivity contribution in [3.8, 4) is 0 Å². The molecule has 3 rings (SSSR count). The SMILES string of the molecule is CCCCCCCCCCCCOC1OC(C)C(OC(C)=O)C(OC2OC(C)C(OC(C)=O)C(OC3OC(C)C(OC(C)=O)C(OC(C)=O)C3O)C2OC(C)=O)C1O. The van der Waals surface area contributed by atoms with Gasteiger partial charge in [0.25, 0.3) is 0 Å². The molecule has 3 heterocycles. The second-order valence-electron chi connectivity index (χ2n) is 15.2. The maximum atomic E-state index is 12.7. The Bertz CT molecular complexity index is 1310. The lowest BCUT2D eigenvalue weighted by molar-refractivity contribution is -0.376. The molecule has 0 amide bonds. The summed E-state index contributed by atoms with van der Waals surface area (Å²) in [6, 6.07) is 0. The molecule has 0 aliphatic carbocycles. The van der Waals surface area contributed by atoms with Crippen molar-refractivity contribution in [3.05, 3.63) is 0 Å². The van der Waals surface area contributed by atoms with Gasteiger partial charge in [-0.05, 0) is 27.2 Å². The Morgan fingerprint density at radius 1 is 0.431 bits per heavy atom. The number of carbonyl (C=O) groups is 5. The standard InChI is InChI=1S/C40H66O18/c1-10-11-12-13-14-15-16-17-18-19-20-48-38-29(46)35(32(21(2)49-38)53-25(6)42)57-40-37(56-28(9)45)36(33(23(4)51-40)54-26(7)43)58-39-30(47)34(55-27(8)44)31(22(3)50-39)52-24(5)41/h21-23,29-40,46-47H,10-20H2,1-9H3. The third kappa shape index (κ3) is 14.9. The average molecular weight is 835 g/mol. The van der Waals surface area contributed by atoms with Gasteiger partial charge < -0.3 is 62.3 Å². The van der Waals surface area contributed by atoms with Crippen molar-refractivity contribution in [1.82, 2.24) is 0 Å². The molecule has 2 N–H and O–H groups in total. The molecule has 15 unspecified atom stereocenters. The molecule has 0 aromatic carbocycles. The topological polar surface area (TPSA) is 227 Å². The van der Waals surface area contributed by atoms with Crippen LogP contribution in [-0.2, 0) is 76.1 Å². The van der Waals surface area contributed by atoms with Crippen LogP contribution in [0.25, 0.3) is 0 Å². The van der Waals surface area contributed by atoms with Crippen molar-refractivity contribution in [2.45, 2.75) is 219 Å². The number of carbonyl (C=O) groups excluding carboxylic acids is 5. The highest BCUT2D eigenvalue weighted by atomic mass is 16.8. The molecule has 18 nitrogen and oxygen atoms in total. The first kappa shape index (κ1) is 49.4. The van der Waals surface area contributed by atoms with Crippen molar-refractivity contribution >= 4 is 29.8 Å². The number of aliphatic hydroxyl groups is 2. The van der Waals surface area contributed by atoms with E-state index in [1.807, 2.05) is 0 Å². The zero-order chi connectivity index (χ0) is 43.1. The quantitative estimate of drug-likeness (QED) is 0.0960. The van der Waals surface area contributed by atoms with E-state index in [-0.39, 0.29) is 6.61 Å². The van der Waals surface area contributed by atoms with Gasteiger partial charge in [0.05, 0.1) is 18.3 Å². The van der Waals surface area contributed by atoms with Crippen LogP contribution in [0.15, 0.2) is 0 Å². The largest absolute Gasteiger partial charge is 0.457 e. The van der Waals surface area contributed by atoms with Crippen LogP contribution in [0.4, 0.5) is 0 Å². The molecular weight excluding hydrogens is 768 g/mol.